The van der Waals surface area contributed by atoms with Crippen LogP contribution in [0, 0.1) is 16.0 Å². The number of nitrogens with zero attached hydrogens (tertiary/aromatic N) is 1. The molecule has 1 saturated carbocycles. The van der Waals surface area contributed by atoms with Crippen LogP contribution in [0.2, 0.25) is 0 Å². The first-order valence-corrected chi connectivity index (χ1v) is 5.77. The van der Waals surface area contributed by atoms with Gasteiger partial charge in [-0.1, -0.05) is 12.1 Å². The third kappa shape index (κ3) is 3.04. The zero-order chi connectivity index (χ0) is 13.1. The highest BCUT2D eigenvalue weighted by molar-refractivity contribution is 5.74. The molecule has 6 heteroatoms. The van der Waals surface area contributed by atoms with Gasteiger partial charge in [0.05, 0.1) is 4.92 Å². The molecule has 0 heterocycles. The van der Waals surface area contributed by atoms with Crippen molar-refractivity contribution >= 4 is 11.7 Å². The Morgan fingerprint density at radius 3 is 2.83 bits per heavy atom. The summed E-state index contributed by atoms with van der Waals surface area (Å²) >= 11 is 0. The number of benzene rings is 1. The number of nitro groups is 1. The van der Waals surface area contributed by atoms with E-state index >= 15 is 0 Å². The van der Waals surface area contributed by atoms with Gasteiger partial charge in [-0.05, 0) is 24.3 Å². The highest BCUT2D eigenvalue weighted by Crippen LogP contribution is 2.32. The second kappa shape index (κ2) is 5.14. The maximum Gasteiger partial charge on any atom is 0.320 e. The van der Waals surface area contributed by atoms with Crippen molar-refractivity contribution in [3.05, 3.63) is 39.9 Å². The van der Waals surface area contributed by atoms with Crippen molar-refractivity contribution in [2.24, 2.45) is 5.92 Å². The van der Waals surface area contributed by atoms with Crippen molar-refractivity contribution in [1.29, 1.82) is 0 Å². The molecule has 1 atom stereocenters. The quantitative estimate of drug-likeness (QED) is 0.590. The van der Waals surface area contributed by atoms with E-state index in [1.165, 1.54) is 12.1 Å². The first-order chi connectivity index (χ1) is 8.58. The lowest BCUT2D eigenvalue weighted by Crippen LogP contribution is -2.38. The molecule has 2 N–H and O–H groups in total. The predicted molar refractivity (Wildman–Crippen MR) is 64.1 cm³/mol. The first-order valence-electron chi connectivity index (χ1n) is 5.77. The molecule has 1 aromatic rings. The van der Waals surface area contributed by atoms with E-state index in [9.17, 15) is 14.9 Å². The van der Waals surface area contributed by atoms with E-state index in [1.807, 2.05) is 0 Å². The number of carboxylic acid groups (broad SMARTS) is 1. The molecular formula is C12H14N2O4. The van der Waals surface area contributed by atoms with E-state index < -0.39 is 16.9 Å². The normalized spacial score (nSPS) is 16.2. The third-order valence-corrected chi connectivity index (χ3v) is 3.01. The SMILES string of the molecule is O=C(O)C(NCc1cccc([N+](=O)[O-])c1)C1CC1. The maximum absolute atomic E-state index is 11.0. The van der Waals surface area contributed by atoms with E-state index in [4.69, 9.17) is 5.11 Å². The average Bonchev–Trinajstić information content (AvgIpc) is 3.13. The highest BCUT2D eigenvalue weighted by atomic mass is 16.6. The summed E-state index contributed by atoms with van der Waals surface area (Å²) in [6, 6.07) is 5.66. The Labute approximate surface area is 104 Å². The summed E-state index contributed by atoms with van der Waals surface area (Å²) < 4.78 is 0. The van der Waals surface area contributed by atoms with Crippen LogP contribution in [0.15, 0.2) is 24.3 Å². The third-order valence-electron chi connectivity index (χ3n) is 3.01. The van der Waals surface area contributed by atoms with Crippen LogP contribution in [0.5, 0.6) is 0 Å². The molecule has 2 rings (SSSR count). The number of aliphatic carboxylic acids is 1. The molecule has 6 nitrogen and oxygen atoms in total. The van der Waals surface area contributed by atoms with Crippen LogP contribution >= 0.6 is 0 Å². The predicted octanol–water partition coefficient (Wildman–Crippen LogP) is 1.55. The van der Waals surface area contributed by atoms with Gasteiger partial charge in [-0.15, -0.1) is 0 Å². The Morgan fingerprint density at radius 2 is 2.28 bits per heavy atom. The van der Waals surface area contributed by atoms with Gasteiger partial charge in [0.2, 0.25) is 0 Å². The number of nitrogens with one attached hydrogen (secondary N) is 1. The number of rotatable bonds is 6. The number of carboxylic acids is 1. The second-order valence-electron chi connectivity index (χ2n) is 4.46. The fourth-order valence-corrected chi connectivity index (χ4v) is 1.89. The van der Waals surface area contributed by atoms with E-state index in [1.54, 1.807) is 12.1 Å². The van der Waals surface area contributed by atoms with Gasteiger partial charge in [0.1, 0.15) is 6.04 Å². The van der Waals surface area contributed by atoms with Gasteiger partial charge in [0.25, 0.3) is 5.69 Å². The van der Waals surface area contributed by atoms with E-state index in [2.05, 4.69) is 5.32 Å². The van der Waals surface area contributed by atoms with Crippen LogP contribution < -0.4 is 5.32 Å². The summed E-state index contributed by atoms with van der Waals surface area (Å²) in [5.41, 5.74) is 0.740. The summed E-state index contributed by atoms with van der Waals surface area (Å²) in [6.45, 7) is 0.329. The molecule has 0 bridgehead atoms. The van der Waals surface area contributed by atoms with Crippen LogP contribution in [0.25, 0.3) is 0 Å². The molecule has 0 amide bonds. The Bertz CT molecular complexity index is 471. The summed E-state index contributed by atoms with van der Waals surface area (Å²) in [7, 11) is 0. The molecule has 1 fully saturated rings. The second-order valence-corrected chi connectivity index (χ2v) is 4.46. The van der Waals surface area contributed by atoms with Crippen molar-refractivity contribution in [3.8, 4) is 0 Å². The number of hydrogen-bond acceptors (Lipinski definition) is 4. The van der Waals surface area contributed by atoms with Gasteiger partial charge in [0.15, 0.2) is 0 Å². The van der Waals surface area contributed by atoms with Crippen molar-refractivity contribution < 1.29 is 14.8 Å². The zero-order valence-corrected chi connectivity index (χ0v) is 9.70. The summed E-state index contributed by atoms with van der Waals surface area (Å²) in [6.07, 6.45) is 1.86. The van der Waals surface area contributed by atoms with Crippen molar-refractivity contribution in [1.82, 2.24) is 5.32 Å². The molecule has 1 aromatic carbocycles. The molecule has 0 aromatic heterocycles. The smallest absolute Gasteiger partial charge is 0.320 e. The number of nitro benzene ring substituents is 1. The van der Waals surface area contributed by atoms with Gasteiger partial charge in [0, 0.05) is 18.7 Å². The van der Waals surface area contributed by atoms with Crippen LogP contribution in [-0.2, 0) is 11.3 Å². The van der Waals surface area contributed by atoms with Crippen molar-refractivity contribution in [2.75, 3.05) is 0 Å². The minimum Gasteiger partial charge on any atom is -0.480 e. The topological polar surface area (TPSA) is 92.5 Å². The average molecular weight is 250 g/mol. The summed E-state index contributed by atoms with van der Waals surface area (Å²) in [5.74, 6) is -0.663. The number of non-ortho nitro benzene ring substituents is 1. The van der Waals surface area contributed by atoms with E-state index in [0.717, 1.165) is 18.4 Å². The van der Waals surface area contributed by atoms with Crippen LogP contribution in [0.1, 0.15) is 18.4 Å². The fraction of sp³-hybridized carbons (Fsp3) is 0.417. The molecular weight excluding hydrogens is 236 g/mol. The first kappa shape index (κ1) is 12.5. The zero-order valence-electron chi connectivity index (χ0n) is 9.70. The standard InChI is InChI=1S/C12H14N2O4/c15-12(16)11(9-4-5-9)13-7-8-2-1-3-10(6-8)14(17)18/h1-3,6,9,11,13H,4-5,7H2,(H,15,16). The molecule has 18 heavy (non-hydrogen) atoms. The maximum atomic E-state index is 11.0. The molecule has 0 aliphatic heterocycles. The fourth-order valence-electron chi connectivity index (χ4n) is 1.89. The summed E-state index contributed by atoms with van der Waals surface area (Å²) in [5, 5.41) is 22.6. The van der Waals surface area contributed by atoms with E-state index in [-0.39, 0.29) is 11.6 Å². The molecule has 0 radical (unpaired) electrons. The monoisotopic (exact) mass is 250 g/mol. The lowest BCUT2D eigenvalue weighted by atomic mass is 10.1. The lowest BCUT2D eigenvalue weighted by Gasteiger charge is -2.13. The van der Waals surface area contributed by atoms with Gasteiger partial charge >= 0.3 is 5.97 Å². The summed E-state index contributed by atoms with van der Waals surface area (Å²) in [4.78, 5) is 21.2. The molecule has 1 aliphatic carbocycles. The number of carbonyl (C=O) groups is 1. The molecule has 1 aliphatic rings. The molecule has 96 valence electrons. The largest absolute Gasteiger partial charge is 0.480 e. The number of hydrogen-bond donors (Lipinski definition) is 2. The van der Waals surface area contributed by atoms with Gasteiger partial charge in [-0.3, -0.25) is 14.9 Å². The van der Waals surface area contributed by atoms with Gasteiger partial charge in [-0.2, -0.15) is 0 Å². The Balaban J connectivity index is 1.98. The van der Waals surface area contributed by atoms with Crippen LogP contribution in [0.3, 0.4) is 0 Å². The Hall–Kier alpha value is -1.95. The minimum atomic E-state index is -0.858. The highest BCUT2D eigenvalue weighted by Gasteiger charge is 2.35. The lowest BCUT2D eigenvalue weighted by molar-refractivity contribution is -0.384. The van der Waals surface area contributed by atoms with E-state index in [0.29, 0.717) is 6.54 Å². The molecule has 0 spiro atoms. The Kier molecular flexibility index (Phi) is 3.57. The van der Waals surface area contributed by atoms with Crippen LogP contribution in [-0.4, -0.2) is 22.0 Å². The van der Waals surface area contributed by atoms with Crippen molar-refractivity contribution in [3.63, 3.8) is 0 Å². The van der Waals surface area contributed by atoms with Crippen LogP contribution in [0.4, 0.5) is 5.69 Å². The van der Waals surface area contributed by atoms with Gasteiger partial charge < -0.3 is 10.4 Å². The Morgan fingerprint density at radius 1 is 1.56 bits per heavy atom. The van der Waals surface area contributed by atoms with Gasteiger partial charge in [-0.25, -0.2) is 0 Å². The minimum absolute atomic E-state index is 0.0209. The molecule has 0 saturated heterocycles. The van der Waals surface area contributed by atoms with Crippen molar-refractivity contribution in [2.45, 2.75) is 25.4 Å². The molecule has 1 unspecified atom stereocenters.